The van der Waals surface area contributed by atoms with E-state index in [2.05, 4.69) is 61.5 Å². The normalized spacial score (nSPS) is 58.5. The molecule has 0 heterocycles. The van der Waals surface area contributed by atoms with Crippen molar-refractivity contribution in [3.05, 3.63) is 11.6 Å². The summed E-state index contributed by atoms with van der Waals surface area (Å²) in [7, 11) is 0. The second kappa shape index (κ2) is 5.75. The summed E-state index contributed by atoms with van der Waals surface area (Å²) in [4.78, 5) is 0. The first-order valence-corrected chi connectivity index (χ1v) is 13.0. The third-order valence-corrected chi connectivity index (χ3v) is 13.1. The van der Waals surface area contributed by atoms with Crippen LogP contribution in [0.3, 0.4) is 0 Å². The Hall–Kier alpha value is -0.260. The first-order chi connectivity index (χ1) is 13.3. The fraction of sp³-hybridized carbons (Fsp3) is 0.931. The van der Waals surface area contributed by atoms with E-state index in [-0.39, 0.29) is 0 Å². The van der Waals surface area contributed by atoms with Gasteiger partial charge in [0.05, 0.1) is 0 Å². The van der Waals surface area contributed by atoms with Crippen LogP contribution in [0.4, 0.5) is 0 Å². The van der Waals surface area contributed by atoms with Gasteiger partial charge >= 0.3 is 0 Å². The van der Waals surface area contributed by atoms with Crippen LogP contribution in [0.25, 0.3) is 0 Å². The lowest BCUT2D eigenvalue weighted by Gasteiger charge is -2.74. The molecular weight excluding hydrogens is 348 g/mol. The summed E-state index contributed by atoms with van der Waals surface area (Å²) in [5.74, 6) is 2.76. The van der Waals surface area contributed by atoms with Crippen molar-refractivity contribution in [3.8, 4) is 0 Å². The van der Waals surface area contributed by atoms with E-state index in [1.807, 2.05) is 0 Å². The van der Waals surface area contributed by atoms with E-state index in [0.29, 0.717) is 32.5 Å². The molecule has 164 valence electrons. The first kappa shape index (κ1) is 20.6. The maximum atomic E-state index is 2.79. The van der Waals surface area contributed by atoms with Gasteiger partial charge in [-0.1, -0.05) is 60.1 Å². The minimum Gasteiger partial charge on any atom is -0.0847 e. The third kappa shape index (κ3) is 2.39. The summed E-state index contributed by atoms with van der Waals surface area (Å²) >= 11 is 0. The van der Waals surface area contributed by atoms with E-state index in [0.717, 1.165) is 17.8 Å². The number of hydrogen-bond acceptors (Lipinski definition) is 0. The Bertz CT molecular complexity index is 743. The molecule has 0 unspecified atom stereocenters. The quantitative estimate of drug-likeness (QED) is 0.359. The molecule has 0 aromatic carbocycles. The average Bonchev–Trinajstić information content (AvgIpc) is 2.95. The molecule has 0 radical (unpaired) electrons. The highest BCUT2D eigenvalue weighted by molar-refractivity contribution is 5.27. The SMILES string of the molecule is CC1=CC[C@H]2[C@]3(C)CC[C@]4(C)[C@H]5CC(C)(C)CC[C@]5(C)CC[C@]4(C)[C@H]3CC[C@]12C. The van der Waals surface area contributed by atoms with Crippen molar-refractivity contribution in [1.29, 1.82) is 0 Å². The molecule has 0 bridgehead atoms. The maximum Gasteiger partial charge on any atom is -0.00826 e. The Morgan fingerprint density at radius 3 is 2.03 bits per heavy atom. The molecule has 5 aliphatic carbocycles. The van der Waals surface area contributed by atoms with Crippen molar-refractivity contribution in [2.24, 2.45) is 50.2 Å². The molecule has 0 spiro atoms. The van der Waals surface area contributed by atoms with Gasteiger partial charge in [0.15, 0.2) is 0 Å². The van der Waals surface area contributed by atoms with Crippen LogP contribution in [0.5, 0.6) is 0 Å². The van der Waals surface area contributed by atoms with Crippen molar-refractivity contribution < 1.29 is 0 Å². The van der Waals surface area contributed by atoms with Crippen molar-refractivity contribution >= 4 is 0 Å². The molecule has 4 saturated carbocycles. The van der Waals surface area contributed by atoms with Gasteiger partial charge in [0, 0.05) is 0 Å². The van der Waals surface area contributed by atoms with Crippen LogP contribution < -0.4 is 0 Å². The highest BCUT2D eigenvalue weighted by atomic mass is 14.7. The number of rotatable bonds is 0. The van der Waals surface area contributed by atoms with Crippen LogP contribution in [0.15, 0.2) is 11.6 Å². The van der Waals surface area contributed by atoms with E-state index < -0.39 is 0 Å². The minimum absolute atomic E-state index is 0.491. The van der Waals surface area contributed by atoms with Crippen LogP contribution in [0, 0.1) is 50.2 Å². The van der Waals surface area contributed by atoms with Gasteiger partial charge in [-0.2, -0.15) is 0 Å². The van der Waals surface area contributed by atoms with Crippen LogP contribution in [-0.4, -0.2) is 0 Å². The van der Waals surface area contributed by atoms with Crippen molar-refractivity contribution in [1.82, 2.24) is 0 Å². The maximum absolute atomic E-state index is 2.79. The van der Waals surface area contributed by atoms with E-state index in [1.165, 1.54) is 64.2 Å². The van der Waals surface area contributed by atoms with Crippen molar-refractivity contribution in [2.45, 2.75) is 120 Å². The predicted octanol–water partition coefficient (Wildman–Crippen LogP) is 8.81. The Labute approximate surface area is 181 Å². The highest BCUT2D eigenvalue weighted by Gasteiger charge is 2.70. The smallest absolute Gasteiger partial charge is 0.00826 e. The van der Waals surface area contributed by atoms with Crippen LogP contribution >= 0.6 is 0 Å². The average molecular weight is 397 g/mol. The highest BCUT2D eigenvalue weighted by Crippen LogP contribution is 2.78. The molecular formula is C29H48. The predicted molar refractivity (Wildman–Crippen MR) is 125 cm³/mol. The molecule has 29 heavy (non-hydrogen) atoms. The van der Waals surface area contributed by atoms with Gasteiger partial charge in [-0.05, 0) is 121 Å². The second-order valence-electron chi connectivity index (χ2n) is 14.6. The van der Waals surface area contributed by atoms with E-state index in [1.54, 1.807) is 5.57 Å². The monoisotopic (exact) mass is 396 g/mol. The summed E-state index contributed by atoms with van der Waals surface area (Å²) in [5.41, 5.74) is 4.98. The molecule has 0 N–H and O–H groups in total. The molecule has 0 aliphatic heterocycles. The largest absolute Gasteiger partial charge is 0.0847 e. The van der Waals surface area contributed by atoms with Gasteiger partial charge in [0.25, 0.3) is 0 Å². The lowest BCUT2D eigenvalue weighted by molar-refractivity contribution is -0.245. The zero-order chi connectivity index (χ0) is 21.1. The van der Waals surface area contributed by atoms with Gasteiger partial charge in [-0.15, -0.1) is 0 Å². The molecule has 0 aromatic heterocycles. The van der Waals surface area contributed by atoms with E-state index in [4.69, 9.17) is 0 Å². The molecule has 0 saturated heterocycles. The summed E-state index contributed by atoms with van der Waals surface area (Å²) in [6, 6.07) is 0. The zero-order valence-corrected chi connectivity index (χ0v) is 20.9. The molecule has 5 rings (SSSR count). The molecule has 8 atom stereocenters. The lowest BCUT2D eigenvalue weighted by Crippen LogP contribution is -2.66. The second-order valence-corrected chi connectivity index (χ2v) is 14.6. The molecule has 0 aromatic rings. The lowest BCUT2D eigenvalue weighted by atomic mass is 9.31. The summed E-state index contributed by atoms with van der Waals surface area (Å²) in [5, 5.41) is 0. The van der Waals surface area contributed by atoms with Crippen LogP contribution in [-0.2, 0) is 0 Å². The Morgan fingerprint density at radius 1 is 0.690 bits per heavy atom. The van der Waals surface area contributed by atoms with E-state index >= 15 is 0 Å². The van der Waals surface area contributed by atoms with Gasteiger partial charge in [-0.3, -0.25) is 0 Å². The Kier molecular flexibility index (Phi) is 4.09. The number of hydrogen-bond donors (Lipinski definition) is 0. The number of allylic oxidation sites excluding steroid dienone is 2. The standard InChI is InChI=1S/C29H48/c1-20-9-10-21-26(20,5)12-11-22-27(21,6)16-18-29(8)23-19-24(2,3)13-14-25(23,4)15-17-28(22,29)7/h9,21-23H,10-19H2,1-8H3/t21-,22+,23+,25-,26-,27+,28-,29-/m1/s1. The van der Waals surface area contributed by atoms with Crippen LogP contribution in [0.2, 0.25) is 0 Å². The molecule has 4 fully saturated rings. The van der Waals surface area contributed by atoms with Crippen molar-refractivity contribution in [2.75, 3.05) is 0 Å². The van der Waals surface area contributed by atoms with Gasteiger partial charge in [-0.25, -0.2) is 0 Å². The fourth-order valence-corrected chi connectivity index (χ4v) is 10.6. The first-order valence-electron chi connectivity index (χ1n) is 13.0. The minimum atomic E-state index is 0.491. The summed E-state index contributed by atoms with van der Waals surface area (Å²) in [6.07, 6.45) is 17.2. The van der Waals surface area contributed by atoms with Crippen molar-refractivity contribution in [3.63, 3.8) is 0 Å². The van der Waals surface area contributed by atoms with Gasteiger partial charge < -0.3 is 0 Å². The Balaban J connectivity index is 1.55. The summed E-state index contributed by atoms with van der Waals surface area (Å²) in [6.45, 7) is 21.2. The summed E-state index contributed by atoms with van der Waals surface area (Å²) < 4.78 is 0. The molecule has 0 heteroatoms. The number of fused-ring (bicyclic) bond motifs is 7. The molecule has 0 nitrogen and oxygen atoms in total. The zero-order valence-electron chi connectivity index (χ0n) is 20.9. The molecule has 5 aliphatic rings. The Morgan fingerprint density at radius 2 is 1.31 bits per heavy atom. The third-order valence-electron chi connectivity index (χ3n) is 13.1. The van der Waals surface area contributed by atoms with Gasteiger partial charge in [0.2, 0.25) is 0 Å². The van der Waals surface area contributed by atoms with Crippen LogP contribution in [0.1, 0.15) is 120 Å². The fourth-order valence-electron chi connectivity index (χ4n) is 10.6. The van der Waals surface area contributed by atoms with Gasteiger partial charge in [0.1, 0.15) is 0 Å². The molecule has 0 amide bonds. The topological polar surface area (TPSA) is 0 Å². The van der Waals surface area contributed by atoms with E-state index in [9.17, 15) is 0 Å².